The van der Waals surface area contributed by atoms with Gasteiger partial charge in [0.1, 0.15) is 6.10 Å². The highest BCUT2D eigenvalue weighted by Gasteiger charge is 2.41. The third kappa shape index (κ3) is 3.89. The van der Waals surface area contributed by atoms with Gasteiger partial charge in [-0.05, 0) is 37.5 Å². The van der Waals surface area contributed by atoms with Crippen molar-refractivity contribution in [2.75, 3.05) is 26.2 Å². The fourth-order valence-electron chi connectivity index (χ4n) is 4.34. The Morgan fingerprint density at radius 3 is 2.69 bits per heavy atom. The molecule has 0 radical (unpaired) electrons. The zero-order chi connectivity index (χ0) is 20.0. The SMILES string of the molecule is Cc1cccc(S(=O)(=O)N2CCN3C[C@@H](Oc4cnc(C5CC5)cn4)C[C@H]3C2)c1. The predicted molar refractivity (Wildman–Crippen MR) is 108 cm³/mol. The number of hydrogen-bond acceptors (Lipinski definition) is 6. The van der Waals surface area contributed by atoms with E-state index in [2.05, 4.69) is 14.9 Å². The molecular weight excluding hydrogens is 388 g/mol. The van der Waals surface area contributed by atoms with E-state index in [0.717, 1.165) is 30.8 Å². The van der Waals surface area contributed by atoms with E-state index < -0.39 is 10.0 Å². The van der Waals surface area contributed by atoms with E-state index in [1.165, 1.54) is 12.8 Å². The summed E-state index contributed by atoms with van der Waals surface area (Å²) < 4.78 is 33.8. The van der Waals surface area contributed by atoms with Crippen LogP contribution in [0.2, 0.25) is 0 Å². The van der Waals surface area contributed by atoms with Crippen LogP contribution in [-0.2, 0) is 10.0 Å². The van der Waals surface area contributed by atoms with Gasteiger partial charge in [-0.1, -0.05) is 12.1 Å². The number of hydrogen-bond donors (Lipinski definition) is 0. The van der Waals surface area contributed by atoms with E-state index in [0.29, 0.717) is 29.8 Å². The van der Waals surface area contributed by atoms with Crippen molar-refractivity contribution in [3.8, 4) is 5.88 Å². The molecule has 3 aliphatic rings. The minimum Gasteiger partial charge on any atom is -0.472 e. The summed E-state index contributed by atoms with van der Waals surface area (Å²) in [6.07, 6.45) is 6.77. The summed E-state index contributed by atoms with van der Waals surface area (Å²) in [7, 11) is -3.46. The molecule has 5 rings (SSSR count). The second-order valence-electron chi connectivity index (χ2n) is 8.36. The van der Waals surface area contributed by atoms with Crippen molar-refractivity contribution in [2.45, 2.75) is 49.1 Å². The van der Waals surface area contributed by atoms with Crippen LogP contribution in [0.15, 0.2) is 41.6 Å². The van der Waals surface area contributed by atoms with Crippen LogP contribution < -0.4 is 4.74 Å². The molecule has 1 saturated carbocycles. The van der Waals surface area contributed by atoms with Gasteiger partial charge in [-0.25, -0.2) is 13.4 Å². The molecule has 7 nitrogen and oxygen atoms in total. The number of aryl methyl sites for hydroxylation is 1. The van der Waals surface area contributed by atoms with Crippen molar-refractivity contribution >= 4 is 10.0 Å². The summed E-state index contributed by atoms with van der Waals surface area (Å²) in [4.78, 5) is 11.6. The van der Waals surface area contributed by atoms with Crippen LogP contribution in [0.1, 0.15) is 36.4 Å². The second-order valence-corrected chi connectivity index (χ2v) is 10.3. The Hall–Kier alpha value is -2.03. The average Bonchev–Trinajstić information content (AvgIpc) is 3.48. The first kappa shape index (κ1) is 19.0. The Morgan fingerprint density at radius 2 is 1.97 bits per heavy atom. The molecule has 8 heteroatoms. The van der Waals surface area contributed by atoms with Gasteiger partial charge in [0, 0.05) is 44.6 Å². The molecule has 0 spiro atoms. The van der Waals surface area contributed by atoms with Gasteiger partial charge in [0.15, 0.2) is 0 Å². The number of piperazine rings is 1. The molecule has 1 aromatic heterocycles. The van der Waals surface area contributed by atoms with E-state index in [1.807, 2.05) is 19.2 Å². The van der Waals surface area contributed by atoms with E-state index in [4.69, 9.17) is 4.74 Å². The van der Waals surface area contributed by atoms with E-state index in [9.17, 15) is 8.42 Å². The number of sulfonamides is 1. The van der Waals surface area contributed by atoms with Crippen molar-refractivity contribution in [2.24, 2.45) is 0 Å². The molecule has 0 bridgehead atoms. The van der Waals surface area contributed by atoms with Gasteiger partial charge in [-0.15, -0.1) is 0 Å². The van der Waals surface area contributed by atoms with Crippen LogP contribution in [-0.4, -0.2) is 65.9 Å². The molecule has 0 N–H and O–H groups in total. The standard InChI is InChI=1S/C21H26N4O3S/c1-15-3-2-4-19(9-15)29(26,27)25-8-7-24-14-18(10-17(24)13-25)28-21-12-22-20(11-23-21)16-5-6-16/h2-4,9,11-12,16-18H,5-8,10,13-14H2,1H3/t17-,18-/m0/s1. The highest BCUT2D eigenvalue weighted by molar-refractivity contribution is 7.89. The minimum atomic E-state index is -3.46. The Kier molecular flexibility index (Phi) is 4.80. The van der Waals surface area contributed by atoms with Crippen molar-refractivity contribution in [1.29, 1.82) is 0 Å². The van der Waals surface area contributed by atoms with Crippen LogP contribution in [0.5, 0.6) is 5.88 Å². The number of nitrogens with zero attached hydrogens (tertiary/aromatic N) is 4. The Bertz CT molecular complexity index is 991. The lowest BCUT2D eigenvalue weighted by molar-refractivity contribution is 0.151. The van der Waals surface area contributed by atoms with Gasteiger partial charge >= 0.3 is 0 Å². The molecule has 0 unspecified atom stereocenters. The normalized spacial score (nSPS) is 25.7. The second kappa shape index (κ2) is 7.34. The molecule has 3 fully saturated rings. The molecule has 2 aliphatic heterocycles. The topological polar surface area (TPSA) is 75.6 Å². The number of rotatable bonds is 5. The van der Waals surface area contributed by atoms with Gasteiger partial charge in [-0.3, -0.25) is 9.88 Å². The number of fused-ring (bicyclic) bond motifs is 1. The molecule has 1 aromatic carbocycles. The smallest absolute Gasteiger partial charge is 0.243 e. The van der Waals surface area contributed by atoms with Gasteiger partial charge in [0.25, 0.3) is 0 Å². The van der Waals surface area contributed by atoms with Crippen molar-refractivity contribution < 1.29 is 13.2 Å². The van der Waals surface area contributed by atoms with Crippen molar-refractivity contribution in [3.05, 3.63) is 47.9 Å². The number of benzene rings is 1. The van der Waals surface area contributed by atoms with Crippen LogP contribution in [0.25, 0.3) is 0 Å². The molecule has 3 heterocycles. The number of aromatic nitrogens is 2. The van der Waals surface area contributed by atoms with Crippen LogP contribution in [0.4, 0.5) is 0 Å². The van der Waals surface area contributed by atoms with Crippen molar-refractivity contribution in [1.82, 2.24) is 19.2 Å². The first-order valence-corrected chi connectivity index (χ1v) is 11.7. The van der Waals surface area contributed by atoms with E-state index in [-0.39, 0.29) is 12.1 Å². The Balaban J connectivity index is 1.23. The predicted octanol–water partition coefficient (Wildman–Crippen LogP) is 2.19. The lowest BCUT2D eigenvalue weighted by Crippen LogP contribution is -2.51. The highest BCUT2D eigenvalue weighted by atomic mass is 32.2. The fraction of sp³-hybridized carbons (Fsp3) is 0.524. The lowest BCUT2D eigenvalue weighted by Gasteiger charge is -2.36. The van der Waals surface area contributed by atoms with Crippen LogP contribution >= 0.6 is 0 Å². The highest BCUT2D eigenvalue weighted by Crippen LogP contribution is 2.38. The molecule has 29 heavy (non-hydrogen) atoms. The molecule has 2 saturated heterocycles. The summed E-state index contributed by atoms with van der Waals surface area (Å²) in [5.41, 5.74) is 2.01. The molecule has 0 amide bonds. The number of ether oxygens (including phenoxy) is 1. The summed E-state index contributed by atoms with van der Waals surface area (Å²) in [5, 5.41) is 0. The molecule has 1 aliphatic carbocycles. The minimum absolute atomic E-state index is 0.0164. The van der Waals surface area contributed by atoms with E-state index in [1.54, 1.807) is 28.7 Å². The van der Waals surface area contributed by atoms with E-state index >= 15 is 0 Å². The third-order valence-electron chi connectivity index (χ3n) is 6.10. The first-order valence-electron chi connectivity index (χ1n) is 10.3. The largest absolute Gasteiger partial charge is 0.472 e. The van der Waals surface area contributed by atoms with Crippen molar-refractivity contribution in [3.63, 3.8) is 0 Å². The molecule has 154 valence electrons. The maximum Gasteiger partial charge on any atom is 0.243 e. The lowest BCUT2D eigenvalue weighted by atomic mass is 10.2. The quantitative estimate of drug-likeness (QED) is 0.747. The van der Waals surface area contributed by atoms with Crippen LogP contribution in [0.3, 0.4) is 0 Å². The van der Waals surface area contributed by atoms with Gasteiger partial charge in [0.05, 0.1) is 23.0 Å². The molecule has 2 atom stereocenters. The molecule has 2 aromatic rings. The zero-order valence-corrected chi connectivity index (χ0v) is 17.4. The fourth-order valence-corrected chi connectivity index (χ4v) is 5.92. The van der Waals surface area contributed by atoms with Crippen LogP contribution in [0, 0.1) is 6.92 Å². The van der Waals surface area contributed by atoms with Gasteiger partial charge < -0.3 is 4.74 Å². The Labute approximate surface area is 171 Å². The summed E-state index contributed by atoms with van der Waals surface area (Å²) >= 11 is 0. The average molecular weight is 415 g/mol. The summed E-state index contributed by atoms with van der Waals surface area (Å²) in [6, 6.07) is 7.31. The summed E-state index contributed by atoms with van der Waals surface area (Å²) in [6.45, 7) is 4.45. The van der Waals surface area contributed by atoms with Gasteiger partial charge in [0.2, 0.25) is 15.9 Å². The maximum absolute atomic E-state index is 13.1. The monoisotopic (exact) mass is 414 g/mol. The molecular formula is C21H26N4O3S. The zero-order valence-electron chi connectivity index (χ0n) is 16.6. The summed E-state index contributed by atoms with van der Waals surface area (Å²) in [5.74, 6) is 1.14. The maximum atomic E-state index is 13.1. The van der Waals surface area contributed by atoms with Gasteiger partial charge in [-0.2, -0.15) is 4.31 Å². The Morgan fingerprint density at radius 1 is 1.10 bits per heavy atom. The third-order valence-corrected chi connectivity index (χ3v) is 7.96. The first-order chi connectivity index (χ1) is 14.0.